The summed E-state index contributed by atoms with van der Waals surface area (Å²) in [6, 6.07) is 9.29. The van der Waals surface area contributed by atoms with E-state index in [2.05, 4.69) is 64.2 Å². The summed E-state index contributed by atoms with van der Waals surface area (Å²) in [7, 11) is 0. The van der Waals surface area contributed by atoms with Gasteiger partial charge in [-0.05, 0) is 43.4 Å². The molecule has 1 aromatic carbocycles. The molecule has 0 saturated heterocycles. The first-order chi connectivity index (χ1) is 8.92. The molecule has 0 saturated carbocycles. The molecule has 0 amide bonds. The Labute approximate surface area is 123 Å². The molecule has 0 fully saturated rings. The molecule has 108 valence electrons. The Morgan fingerprint density at radius 1 is 1.21 bits per heavy atom. The van der Waals surface area contributed by atoms with Gasteiger partial charge < -0.3 is 5.32 Å². The highest BCUT2D eigenvalue weighted by Crippen LogP contribution is 2.26. The van der Waals surface area contributed by atoms with Gasteiger partial charge in [-0.2, -0.15) is 0 Å². The summed E-state index contributed by atoms with van der Waals surface area (Å²) in [6.45, 7) is 12.4. The molecule has 1 aromatic rings. The second-order valence-corrected chi connectivity index (χ2v) is 7.49. The van der Waals surface area contributed by atoms with Crippen LogP contribution in [-0.4, -0.2) is 18.3 Å². The number of nitrogens with one attached hydrogen (secondary N) is 1. The van der Waals surface area contributed by atoms with Crippen molar-refractivity contribution >= 4 is 11.8 Å². The van der Waals surface area contributed by atoms with Crippen LogP contribution >= 0.6 is 11.8 Å². The smallest absolute Gasteiger partial charge is 0.0161 e. The van der Waals surface area contributed by atoms with Crippen molar-refractivity contribution in [3.63, 3.8) is 0 Å². The second kappa shape index (κ2) is 7.96. The van der Waals surface area contributed by atoms with Gasteiger partial charge in [0.15, 0.2) is 0 Å². The lowest BCUT2D eigenvalue weighted by atomic mass is 9.89. The molecule has 0 aromatic heterocycles. The number of aryl methyl sites for hydroxylation is 1. The molecule has 0 aliphatic heterocycles. The molecular formula is C17H29NS. The Balaban J connectivity index is 2.47. The molecule has 1 N–H and O–H groups in total. The highest BCUT2D eigenvalue weighted by molar-refractivity contribution is 7.99. The first-order valence-electron chi connectivity index (χ1n) is 7.34. The van der Waals surface area contributed by atoms with E-state index in [0.29, 0.717) is 11.5 Å². The van der Waals surface area contributed by atoms with Crippen LogP contribution in [0.15, 0.2) is 29.2 Å². The standard InChI is InChI=1S/C17H29NS/c1-6-18-15(11-12-17(3,4)5)13-19-16-10-8-7-9-14(16)2/h7-10,15,18H,6,11-13H2,1-5H3. The van der Waals surface area contributed by atoms with E-state index in [1.54, 1.807) is 0 Å². The van der Waals surface area contributed by atoms with E-state index >= 15 is 0 Å². The number of rotatable bonds is 7. The van der Waals surface area contributed by atoms with E-state index in [0.717, 1.165) is 12.3 Å². The van der Waals surface area contributed by atoms with Crippen LogP contribution in [0.1, 0.15) is 46.1 Å². The van der Waals surface area contributed by atoms with Crippen molar-refractivity contribution in [1.29, 1.82) is 0 Å². The zero-order valence-corrected chi connectivity index (χ0v) is 13.9. The van der Waals surface area contributed by atoms with Crippen LogP contribution in [0.3, 0.4) is 0 Å². The lowest BCUT2D eigenvalue weighted by Gasteiger charge is -2.23. The van der Waals surface area contributed by atoms with Crippen LogP contribution in [0.2, 0.25) is 0 Å². The van der Waals surface area contributed by atoms with Gasteiger partial charge in [0, 0.05) is 16.7 Å². The molecule has 0 spiro atoms. The van der Waals surface area contributed by atoms with Crippen molar-refractivity contribution in [1.82, 2.24) is 5.32 Å². The van der Waals surface area contributed by atoms with E-state index in [1.165, 1.54) is 23.3 Å². The van der Waals surface area contributed by atoms with Gasteiger partial charge in [-0.1, -0.05) is 45.9 Å². The fraction of sp³-hybridized carbons (Fsp3) is 0.647. The predicted octanol–water partition coefficient (Wildman–Crippen LogP) is 4.89. The van der Waals surface area contributed by atoms with Crippen molar-refractivity contribution < 1.29 is 0 Å². The molecule has 2 heteroatoms. The number of thioether (sulfide) groups is 1. The van der Waals surface area contributed by atoms with Crippen LogP contribution in [-0.2, 0) is 0 Å². The molecule has 0 bridgehead atoms. The Hall–Kier alpha value is -0.470. The van der Waals surface area contributed by atoms with Gasteiger partial charge in [0.2, 0.25) is 0 Å². The van der Waals surface area contributed by atoms with Gasteiger partial charge in [-0.25, -0.2) is 0 Å². The van der Waals surface area contributed by atoms with Crippen molar-refractivity contribution in [3.8, 4) is 0 Å². The minimum atomic E-state index is 0.432. The van der Waals surface area contributed by atoms with E-state index in [1.807, 2.05) is 11.8 Å². The van der Waals surface area contributed by atoms with Gasteiger partial charge in [-0.15, -0.1) is 11.8 Å². The van der Waals surface area contributed by atoms with Crippen LogP contribution in [0.5, 0.6) is 0 Å². The van der Waals surface area contributed by atoms with Gasteiger partial charge in [0.25, 0.3) is 0 Å². The summed E-state index contributed by atoms with van der Waals surface area (Å²) in [4.78, 5) is 1.42. The SMILES string of the molecule is CCNC(CCC(C)(C)C)CSc1ccccc1C. The van der Waals surface area contributed by atoms with Crippen LogP contribution in [0, 0.1) is 12.3 Å². The summed E-state index contributed by atoms with van der Waals surface area (Å²) in [6.07, 6.45) is 2.54. The molecule has 0 radical (unpaired) electrons. The zero-order chi connectivity index (χ0) is 14.3. The van der Waals surface area contributed by atoms with Crippen LogP contribution in [0.25, 0.3) is 0 Å². The first-order valence-corrected chi connectivity index (χ1v) is 8.33. The van der Waals surface area contributed by atoms with E-state index in [-0.39, 0.29) is 0 Å². The van der Waals surface area contributed by atoms with Gasteiger partial charge in [0.05, 0.1) is 0 Å². The Bertz CT molecular complexity index is 368. The molecule has 0 aliphatic carbocycles. The van der Waals surface area contributed by atoms with Gasteiger partial charge in [0.1, 0.15) is 0 Å². The summed E-state index contributed by atoms with van der Waals surface area (Å²) < 4.78 is 0. The van der Waals surface area contributed by atoms with E-state index < -0.39 is 0 Å². The van der Waals surface area contributed by atoms with Crippen molar-refractivity contribution in [3.05, 3.63) is 29.8 Å². The van der Waals surface area contributed by atoms with Gasteiger partial charge in [-0.3, -0.25) is 0 Å². The number of benzene rings is 1. The van der Waals surface area contributed by atoms with E-state index in [9.17, 15) is 0 Å². The van der Waals surface area contributed by atoms with Crippen molar-refractivity contribution in [2.75, 3.05) is 12.3 Å². The van der Waals surface area contributed by atoms with Gasteiger partial charge >= 0.3 is 0 Å². The maximum Gasteiger partial charge on any atom is 0.0161 e. The Morgan fingerprint density at radius 2 is 1.89 bits per heavy atom. The molecule has 1 rings (SSSR count). The summed E-state index contributed by atoms with van der Waals surface area (Å²) >= 11 is 1.98. The highest BCUT2D eigenvalue weighted by Gasteiger charge is 2.15. The third-order valence-corrected chi connectivity index (χ3v) is 4.61. The van der Waals surface area contributed by atoms with Crippen LogP contribution < -0.4 is 5.32 Å². The summed E-state index contributed by atoms with van der Waals surface area (Å²) in [5, 5.41) is 3.62. The minimum Gasteiger partial charge on any atom is -0.313 e. The zero-order valence-electron chi connectivity index (χ0n) is 13.1. The maximum absolute atomic E-state index is 3.62. The Kier molecular flexibility index (Phi) is 6.95. The molecule has 0 heterocycles. The quantitative estimate of drug-likeness (QED) is 0.713. The third-order valence-electron chi connectivity index (χ3n) is 3.27. The Morgan fingerprint density at radius 3 is 2.47 bits per heavy atom. The number of hydrogen-bond donors (Lipinski definition) is 1. The molecule has 1 nitrogen and oxygen atoms in total. The van der Waals surface area contributed by atoms with Crippen LogP contribution in [0.4, 0.5) is 0 Å². The summed E-state index contributed by atoms with van der Waals surface area (Å²) in [5.74, 6) is 1.16. The fourth-order valence-electron chi connectivity index (χ4n) is 2.05. The maximum atomic E-state index is 3.62. The third kappa shape index (κ3) is 7.03. The number of hydrogen-bond acceptors (Lipinski definition) is 2. The molecule has 1 atom stereocenters. The molecule has 0 aliphatic rings. The fourth-order valence-corrected chi connectivity index (χ4v) is 3.18. The normalized spacial score (nSPS) is 13.5. The topological polar surface area (TPSA) is 12.0 Å². The minimum absolute atomic E-state index is 0.432. The second-order valence-electron chi connectivity index (χ2n) is 6.43. The largest absolute Gasteiger partial charge is 0.313 e. The molecule has 1 unspecified atom stereocenters. The molecule has 19 heavy (non-hydrogen) atoms. The van der Waals surface area contributed by atoms with Crippen molar-refractivity contribution in [2.45, 2.75) is 58.4 Å². The van der Waals surface area contributed by atoms with E-state index in [4.69, 9.17) is 0 Å². The predicted molar refractivity (Wildman–Crippen MR) is 88.1 cm³/mol. The van der Waals surface area contributed by atoms with Crippen molar-refractivity contribution in [2.24, 2.45) is 5.41 Å². The highest BCUT2D eigenvalue weighted by atomic mass is 32.2. The average Bonchev–Trinajstić information content (AvgIpc) is 2.33. The first kappa shape index (κ1) is 16.6. The average molecular weight is 279 g/mol. The molecular weight excluding hydrogens is 250 g/mol. The monoisotopic (exact) mass is 279 g/mol. The summed E-state index contributed by atoms with van der Waals surface area (Å²) in [5.41, 5.74) is 1.82. The lowest BCUT2D eigenvalue weighted by molar-refractivity contribution is 0.340. The lowest BCUT2D eigenvalue weighted by Crippen LogP contribution is -2.32.